The van der Waals surface area contributed by atoms with Gasteiger partial charge in [0, 0.05) is 17.1 Å². The molecule has 34 heavy (non-hydrogen) atoms. The maximum absolute atomic E-state index is 12.8. The minimum Gasteiger partial charge on any atom is -0.342 e. The van der Waals surface area contributed by atoms with Gasteiger partial charge in [0.05, 0.1) is 22.5 Å². The number of rotatable bonds is 9. The molecule has 0 unspecified atom stereocenters. The fourth-order valence-corrected chi connectivity index (χ4v) is 4.57. The molecule has 2 amide bonds. The Morgan fingerprint density at radius 3 is 2.41 bits per heavy atom. The van der Waals surface area contributed by atoms with Crippen LogP contribution >= 0.6 is 35.0 Å². The first-order chi connectivity index (χ1) is 16.2. The van der Waals surface area contributed by atoms with Gasteiger partial charge in [-0.1, -0.05) is 66.5 Å². The largest absolute Gasteiger partial charge is 0.342 e. The zero-order valence-corrected chi connectivity index (χ0v) is 21.8. The lowest BCUT2D eigenvalue weighted by Gasteiger charge is -2.22. The van der Waals surface area contributed by atoms with E-state index in [2.05, 4.69) is 20.8 Å². The second-order valence-corrected chi connectivity index (χ2v) is 9.89. The zero-order valence-electron chi connectivity index (χ0n) is 19.4. The van der Waals surface area contributed by atoms with Gasteiger partial charge in [-0.15, -0.1) is 10.2 Å². The zero-order chi connectivity index (χ0) is 24.8. The molecule has 3 rings (SSSR count). The van der Waals surface area contributed by atoms with Crippen molar-refractivity contribution in [1.29, 1.82) is 0 Å². The highest BCUT2D eigenvalue weighted by atomic mass is 35.5. The van der Waals surface area contributed by atoms with E-state index in [-0.39, 0.29) is 29.5 Å². The van der Waals surface area contributed by atoms with Crippen LogP contribution < -0.4 is 10.6 Å². The van der Waals surface area contributed by atoms with Crippen LogP contribution in [0.2, 0.25) is 10.0 Å². The van der Waals surface area contributed by atoms with E-state index in [9.17, 15) is 9.59 Å². The lowest BCUT2D eigenvalue weighted by Crippen LogP contribution is -2.33. The van der Waals surface area contributed by atoms with Gasteiger partial charge in [-0.25, -0.2) is 0 Å². The second kappa shape index (κ2) is 11.7. The molecule has 0 fully saturated rings. The normalized spacial score (nSPS) is 12.0. The van der Waals surface area contributed by atoms with Crippen LogP contribution in [0.25, 0.3) is 0 Å². The van der Waals surface area contributed by atoms with E-state index in [0.717, 1.165) is 5.56 Å². The average Bonchev–Trinajstić information content (AvgIpc) is 3.20. The minimum atomic E-state index is -0.336. The second-order valence-electron chi connectivity index (χ2n) is 8.11. The number of hydrogen-bond donors (Lipinski definition) is 2. The number of aryl methyl sites for hydroxylation is 1. The summed E-state index contributed by atoms with van der Waals surface area (Å²) in [7, 11) is 0. The fourth-order valence-electron chi connectivity index (χ4n) is 3.30. The molecule has 0 bridgehead atoms. The van der Waals surface area contributed by atoms with E-state index in [0.29, 0.717) is 38.8 Å². The lowest BCUT2D eigenvalue weighted by molar-refractivity contribution is -0.113. The summed E-state index contributed by atoms with van der Waals surface area (Å²) >= 11 is 13.3. The molecule has 2 N–H and O–H groups in total. The summed E-state index contributed by atoms with van der Waals surface area (Å²) in [6, 6.07) is 12.0. The molecule has 10 heteroatoms. The highest BCUT2D eigenvalue weighted by Crippen LogP contribution is 2.27. The molecule has 0 aliphatic heterocycles. The first-order valence-corrected chi connectivity index (χ1v) is 12.6. The van der Waals surface area contributed by atoms with Crippen molar-refractivity contribution in [2.24, 2.45) is 5.92 Å². The monoisotopic (exact) mass is 519 g/mol. The van der Waals surface area contributed by atoms with Crippen molar-refractivity contribution in [3.63, 3.8) is 0 Å². The number of anilines is 1. The van der Waals surface area contributed by atoms with E-state index in [1.807, 2.05) is 44.4 Å². The van der Waals surface area contributed by atoms with Gasteiger partial charge >= 0.3 is 0 Å². The van der Waals surface area contributed by atoms with Crippen LogP contribution in [0.15, 0.2) is 47.6 Å². The van der Waals surface area contributed by atoms with Crippen LogP contribution in [0.4, 0.5) is 5.69 Å². The molecule has 180 valence electrons. The third-order valence-corrected chi connectivity index (χ3v) is 6.66. The van der Waals surface area contributed by atoms with E-state index >= 15 is 0 Å². The maximum Gasteiger partial charge on any atom is 0.251 e. The van der Waals surface area contributed by atoms with Crippen molar-refractivity contribution in [2.45, 2.75) is 45.4 Å². The van der Waals surface area contributed by atoms with E-state index in [1.54, 1.807) is 30.3 Å². The predicted octanol–water partition coefficient (Wildman–Crippen LogP) is 5.77. The number of carbonyl (C=O) groups excluding carboxylic acids is 2. The Bertz CT molecular complexity index is 1160. The van der Waals surface area contributed by atoms with Crippen LogP contribution in [0.3, 0.4) is 0 Å². The number of nitrogens with zero attached hydrogens (tertiary/aromatic N) is 3. The third kappa shape index (κ3) is 6.52. The molecular formula is C24H27Cl2N5O2S. The summed E-state index contributed by atoms with van der Waals surface area (Å²) in [5, 5.41) is 16.0. The minimum absolute atomic E-state index is 0.0806. The Morgan fingerprint density at radius 1 is 1.09 bits per heavy atom. The van der Waals surface area contributed by atoms with Crippen molar-refractivity contribution in [3.8, 4) is 0 Å². The molecule has 0 spiro atoms. The van der Waals surface area contributed by atoms with Gasteiger partial charge in [-0.2, -0.15) is 0 Å². The third-order valence-electron chi connectivity index (χ3n) is 5.14. The molecule has 7 nitrogen and oxygen atoms in total. The first kappa shape index (κ1) is 26.1. The Morgan fingerprint density at radius 2 is 1.79 bits per heavy atom. The number of carbonyl (C=O) groups is 2. The Hall–Kier alpha value is -2.55. The summed E-state index contributed by atoms with van der Waals surface area (Å²) in [6.07, 6.45) is 0. The SMILES string of the molecule is CCn1c(SCC(=O)Nc2ccc(Cl)cc2Cl)nnc1[C@H](NC(=O)c1ccc(C)cc1)C(C)C. The fraction of sp³-hybridized carbons (Fsp3) is 0.333. The quantitative estimate of drug-likeness (QED) is 0.350. The van der Waals surface area contributed by atoms with E-state index in [1.165, 1.54) is 11.8 Å². The number of halogens is 2. The van der Waals surface area contributed by atoms with Crippen LogP contribution in [0.1, 0.15) is 48.6 Å². The van der Waals surface area contributed by atoms with Gasteiger partial charge in [-0.05, 0) is 50.1 Å². The van der Waals surface area contributed by atoms with Crippen molar-refractivity contribution in [3.05, 3.63) is 69.5 Å². The van der Waals surface area contributed by atoms with Gasteiger partial charge in [0.25, 0.3) is 5.91 Å². The van der Waals surface area contributed by atoms with E-state index in [4.69, 9.17) is 23.2 Å². The lowest BCUT2D eigenvalue weighted by atomic mass is 10.0. The van der Waals surface area contributed by atoms with Crippen LogP contribution in [-0.2, 0) is 11.3 Å². The average molecular weight is 520 g/mol. The maximum atomic E-state index is 12.8. The van der Waals surface area contributed by atoms with Crippen molar-refractivity contribution in [2.75, 3.05) is 11.1 Å². The number of aromatic nitrogens is 3. The molecule has 0 aliphatic rings. The van der Waals surface area contributed by atoms with Crippen molar-refractivity contribution in [1.82, 2.24) is 20.1 Å². The number of benzene rings is 2. The van der Waals surface area contributed by atoms with Gasteiger partial charge in [0.15, 0.2) is 11.0 Å². The summed E-state index contributed by atoms with van der Waals surface area (Å²) in [5.41, 5.74) is 2.17. The molecule has 1 aromatic heterocycles. The highest BCUT2D eigenvalue weighted by molar-refractivity contribution is 7.99. The summed E-state index contributed by atoms with van der Waals surface area (Å²) in [5.74, 6) is 0.463. The molecular weight excluding hydrogens is 493 g/mol. The Kier molecular flexibility index (Phi) is 8.99. The summed E-state index contributed by atoms with van der Waals surface area (Å²) < 4.78 is 1.92. The molecule has 0 radical (unpaired) electrons. The molecule has 1 atom stereocenters. The van der Waals surface area contributed by atoms with Crippen LogP contribution in [0, 0.1) is 12.8 Å². The number of amides is 2. The highest BCUT2D eigenvalue weighted by Gasteiger charge is 2.26. The first-order valence-electron chi connectivity index (χ1n) is 10.9. The Balaban J connectivity index is 1.71. The van der Waals surface area contributed by atoms with Crippen LogP contribution in [-0.4, -0.2) is 32.3 Å². The smallest absolute Gasteiger partial charge is 0.251 e. The molecule has 1 heterocycles. The van der Waals surface area contributed by atoms with Gasteiger partial charge in [-0.3, -0.25) is 9.59 Å². The number of thioether (sulfide) groups is 1. The van der Waals surface area contributed by atoms with Crippen molar-refractivity contribution >= 4 is 52.5 Å². The molecule has 3 aromatic rings. The number of hydrogen-bond acceptors (Lipinski definition) is 5. The molecule has 0 aliphatic carbocycles. The number of nitrogens with one attached hydrogen (secondary N) is 2. The summed E-state index contributed by atoms with van der Waals surface area (Å²) in [4.78, 5) is 25.3. The van der Waals surface area contributed by atoms with Gasteiger partial charge in [0.2, 0.25) is 5.91 Å². The Labute approximate surface area is 213 Å². The molecule has 0 saturated heterocycles. The van der Waals surface area contributed by atoms with Gasteiger partial charge < -0.3 is 15.2 Å². The summed E-state index contributed by atoms with van der Waals surface area (Å²) in [6.45, 7) is 8.59. The topological polar surface area (TPSA) is 88.9 Å². The van der Waals surface area contributed by atoms with Crippen molar-refractivity contribution < 1.29 is 9.59 Å². The molecule has 0 saturated carbocycles. The standard InChI is InChI=1S/C24H27Cl2N5O2S/c1-5-31-22(21(14(2)3)28-23(33)16-8-6-15(4)7-9-16)29-30-24(31)34-13-20(32)27-19-11-10-17(25)12-18(19)26/h6-12,14,21H,5,13H2,1-4H3,(H,27,32)(H,28,33)/t21-/m1/s1. The van der Waals surface area contributed by atoms with Crippen LogP contribution in [0.5, 0.6) is 0 Å². The predicted molar refractivity (Wildman–Crippen MR) is 138 cm³/mol. The molecule has 2 aromatic carbocycles. The van der Waals surface area contributed by atoms with Gasteiger partial charge in [0.1, 0.15) is 0 Å². The van der Waals surface area contributed by atoms with E-state index < -0.39 is 0 Å².